The van der Waals surface area contributed by atoms with Crippen LogP contribution in [0, 0.1) is 11.8 Å². The van der Waals surface area contributed by atoms with E-state index >= 15 is 0 Å². The van der Waals surface area contributed by atoms with Crippen molar-refractivity contribution in [1.82, 2.24) is 10.3 Å². The number of aromatic nitrogens is 1. The van der Waals surface area contributed by atoms with Crippen molar-refractivity contribution < 1.29 is 14.0 Å². The van der Waals surface area contributed by atoms with Crippen molar-refractivity contribution in [3.63, 3.8) is 0 Å². The van der Waals surface area contributed by atoms with Gasteiger partial charge in [-0.05, 0) is 49.7 Å². The average Bonchev–Trinajstić information content (AvgIpc) is 3.28. The zero-order valence-electron chi connectivity index (χ0n) is 15.0. The Balaban J connectivity index is 1.32. The molecule has 4 rings (SSSR count). The fourth-order valence-corrected chi connectivity index (χ4v) is 5.14. The van der Waals surface area contributed by atoms with E-state index < -0.39 is 0 Å². The maximum absolute atomic E-state index is 12.5. The normalized spacial score (nSPS) is 27.1. The van der Waals surface area contributed by atoms with Crippen molar-refractivity contribution in [1.29, 1.82) is 0 Å². The van der Waals surface area contributed by atoms with Crippen molar-refractivity contribution in [3.8, 4) is 0 Å². The molecule has 0 saturated heterocycles. The second-order valence-electron chi connectivity index (χ2n) is 7.53. The Kier molecular flexibility index (Phi) is 5.27. The molecule has 0 spiro atoms. The van der Waals surface area contributed by atoms with E-state index in [1.165, 1.54) is 24.0 Å². The molecule has 2 heterocycles. The summed E-state index contributed by atoms with van der Waals surface area (Å²) < 4.78 is 5.06. The fraction of sp³-hybridized carbons (Fsp3) is 0.526. The van der Waals surface area contributed by atoms with E-state index in [0.717, 1.165) is 25.7 Å². The maximum Gasteiger partial charge on any atom is 0.293 e. The lowest BCUT2D eigenvalue weighted by molar-refractivity contribution is -0.122. The SMILES string of the molecule is NC1CC2CCCC(C1)C2NC(=O)Cc1csc(NC(=O)c2ccco2)n1. The standard InChI is InChI=1S/C19H24N4O3S/c20-13-7-11-3-1-4-12(8-13)17(11)22-16(24)9-14-10-27-19(21-14)23-18(25)15-5-2-6-26-15/h2,5-6,10-13,17H,1,3-4,7-9,20H2,(H,22,24)(H,21,23,25). The van der Waals surface area contributed by atoms with Crippen molar-refractivity contribution in [3.05, 3.63) is 35.2 Å². The van der Waals surface area contributed by atoms with Gasteiger partial charge in [-0.1, -0.05) is 6.42 Å². The number of nitrogens with one attached hydrogen (secondary N) is 2. The van der Waals surface area contributed by atoms with Gasteiger partial charge in [-0.25, -0.2) is 4.98 Å². The highest BCUT2D eigenvalue weighted by Gasteiger charge is 2.39. The number of nitrogens with two attached hydrogens (primary N) is 1. The summed E-state index contributed by atoms with van der Waals surface area (Å²) in [6.45, 7) is 0. The van der Waals surface area contributed by atoms with Crippen LogP contribution in [-0.4, -0.2) is 28.9 Å². The minimum absolute atomic E-state index is 0.0124. The Hall–Kier alpha value is -2.19. The van der Waals surface area contributed by atoms with E-state index in [2.05, 4.69) is 15.6 Å². The first kappa shape index (κ1) is 18.2. The highest BCUT2D eigenvalue weighted by Crippen LogP contribution is 2.39. The molecule has 0 radical (unpaired) electrons. The molecule has 2 unspecified atom stereocenters. The molecule has 0 aliphatic heterocycles. The third-order valence-electron chi connectivity index (χ3n) is 5.56. The number of hydrogen-bond donors (Lipinski definition) is 3. The van der Waals surface area contributed by atoms with Crippen LogP contribution in [0.25, 0.3) is 0 Å². The molecule has 2 bridgehead atoms. The van der Waals surface area contributed by atoms with Gasteiger partial charge in [-0.3, -0.25) is 14.9 Å². The van der Waals surface area contributed by atoms with Crippen LogP contribution >= 0.6 is 11.3 Å². The molecule has 2 aliphatic carbocycles. The minimum atomic E-state index is -0.350. The largest absolute Gasteiger partial charge is 0.459 e. The zero-order chi connectivity index (χ0) is 18.8. The molecule has 4 N–H and O–H groups in total. The van der Waals surface area contributed by atoms with Crippen LogP contribution in [0.4, 0.5) is 5.13 Å². The summed E-state index contributed by atoms with van der Waals surface area (Å²) in [7, 11) is 0. The van der Waals surface area contributed by atoms with Crippen LogP contribution in [0.3, 0.4) is 0 Å². The smallest absolute Gasteiger partial charge is 0.293 e. The monoisotopic (exact) mass is 388 g/mol. The number of carbonyl (C=O) groups is 2. The molecule has 2 aliphatic rings. The Labute approximate surface area is 161 Å². The number of hydrogen-bond acceptors (Lipinski definition) is 6. The zero-order valence-corrected chi connectivity index (χ0v) is 15.8. The van der Waals surface area contributed by atoms with Gasteiger partial charge in [0.1, 0.15) is 0 Å². The first-order chi connectivity index (χ1) is 13.1. The van der Waals surface area contributed by atoms with Gasteiger partial charge in [0.2, 0.25) is 5.91 Å². The minimum Gasteiger partial charge on any atom is -0.459 e. The van der Waals surface area contributed by atoms with E-state index in [9.17, 15) is 9.59 Å². The van der Waals surface area contributed by atoms with Gasteiger partial charge in [0, 0.05) is 17.5 Å². The van der Waals surface area contributed by atoms with Crippen LogP contribution in [0.15, 0.2) is 28.2 Å². The van der Waals surface area contributed by atoms with Crippen molar-refractivity contribution in [2.24, 2.45) is 17.6 Å². The van der Waals surface area contributed by atoms with Gasteiger partial charge in [0.25, 0.3) is 5.91 Å². The second kappa shape index (κ2) is 7.82. The molecular formula is C19H24N4O3S. The quantitative estimate of drug-likeness (QED) is 0.729. The summed E-state index contributed by atoms with van der Waals surface area (Å²) in [5, 5.41) is 8.17. The molecule has 8 heteroatoms. The Morgan fingerprint density at radius 3 is 2.78 bits per heavy atom. The number of carbonyl (C=O) groups excluding carboxylic acids is 2. The van der Waals surface area contributed by atoms with Gasteiger partial charge in [-0.15, -0.1) is 11.3 Å². The first-order valence-electron chi connectivity index (χ1n) is 9.42. The van der Waals surface area contributed by atoms with Crippen LogP contribution in [0.1, 0.15) is 48.4 Å². The van der Waals surface area contributed by atoms with Gasteiger partial charge in [0.05, 0.1) is 18.4 Å². The number of amides is 2. The topological polar surface area (TPSA) is 110 Å². The Morgan fingerprint density at radius 1 is 1.30 bits per heavy atom. The van der Waals surface area contributed by atoms with Gasteiger partial charge < -0.3 is 15.5 Å². The van der Waals surface area contributed by atoms with E-state index in [0.29, 0.717) is 22.7 Å². The summed E-state index contributed by atoms with van der Waals surface area (Å²) in [5.74, 6) is 0.856. The summed E-state index contributed by atoms with van der Waals surface area (Å²) in [6.07, 6.45) is 7.19. The molecule has 144 valence electrons. The average molecular weight is 388 g/mol. The van der Waals surface area contributed by atoms with Crippen molar-refractivity contribution in [2.45, 2.75) is 50.6 Å². The van der Waals surface area contributed by atoms with Crippen LogP contribution in [0.5, 0.6) is 0 Å². The van der Waals surface area contributed by atoms with Gasteiger partial charge in [-0.2, -0.15) is 0 Å². The molecule has 2 aromatic rings. The first-order valence-corrected chi connectivity index (χ1v) is 10.3. The van der Waals surface area contributed by atoms with E-state index in [4.69, 9.17) is 10.2 Å². The van der Waals surface area contributed by atoms with Crippen LogP contribution < -0.4 is 16.4 Å². The Morgan fingerprint density at radius 2 is 2.07 bits per heavy atom. The Bertz CT molecular complexity index is 790. The van der Waals surface area contributed by atoms with E-state index in [-0.39, 0.29) is 36.1 Å². The van der Waals surface area contributed by atoms with Gasteiger partial charge >= 0.3 is 0 Å². The maximum atomic E-state index is 12.5. The summed E-state index contributed by atoms with van der Waals surface area (Å²) in [6, 6.07) is 3.75. The predicted molar refractivity (Wildman–Crippen MR) is 102 cm³/mol. The lowest BCUT2D eigenvalue weighted by atomic mass is 9.67. The molecule has 2 fully saturated rings. The van der Waals surface area contributed by atoms with Crippen LogP contribution in [-0.2, 0) is 11.2 Å². The number of fused-ring (bicyclic) bond motifs is 2. The molecule has 27 heavy (non-hydrogen) atoms. The summed E-state index contributed by atoms with van der Waals surface area (Å²) >= 11 is 1.30. The van der Waals surface area contributed by atoms with E-state index in [1.807, 2.05) is 0 Å². The van der Waals surface area contributed by atoms with Crippen molar-refractivity contribution in [2.75, 3.05) is 5.32 Å². The number of anilines is 1. The molecule has 2 atom stereocenters. The van der Waals surface area contributed by atoms with Crippen LogP contribution in [0.2, 0.25) is 0 Å². The molecule has 2 aromatic heterocycles. The lowest BCUT2D eigenvalue weighted by Gasteiger charge is -2.45. The van der Waals surface area contributed by atoms with Gasteiger partial charge in [0.15, 0.2) is 10.9 Å². The molecule has 2 saturated carbocycles. The number of thiazole rings is 1. The third kappa shape index (κ3) is 4.22. The summed E-state index contributed by atoms with van der Waals surface area (Å²) in [5.41, 5.74) is 6.81. The highest BCUT2D eigenvalue weighted by atomic mass is 32.1. The van der Waals surface area contributed by atoms with Crippen molar-refractivity contribution >= 4 is 28.3 Å². The number of rotatable bonds is 5. The second-order valence-corrected chi connectivity index (χ2v) is 8.39. The predicted octanol–water partition coefficient (Wildman–Crippen LogP) is 2.55. The third-order valence-corrected chi connectivity index (χ3v) is 6.37. The molecule has 7 nitrogen and oxygen atoms in total. The van der Waals surface area contributed by atoms with E-state index in [1.54, 1.807) is 17.5 Å². The molecular weight excluding hydrogens is 364 g/mol. The molecule has 0 aromatic carbocycles. The molecule has 2 amide bonds. The number of nitrogens with zero attached hydrogens (tertiary/aromatic N) is 1. The fourth-order valence-electron chi connectivity index (χ4n) is 4.44. The number of furan rings is 1. The highest BCUT2D eigenvalue weighted by molar-refractivity contribution is 7.14. The lowest BCUT2D eigenvalue weighted by Crippen LogP contribution is -2.54. The summed E-state index contributed by atoms with van der Waals surface area (Å²) in [4.78, 5) is 28.9.